The average Bonchev–Trinajstić information content (AvgIpc) is 3.67. The zero-order chi connectivity index (χ0) is 38.6. The molecule has 2 nitrogen and oxygen atoms in total. The van der Waals surface area contributed by atoms with Gasteiger partial charge in [0.05, 0.1) is 16.8 Å². The van der Waals surface area contributed by atoms with E-state index in [0.29, 0.717) is 0 Å². The number of hydrogen-bond acceptors (Lipinski definition) is 2. The molecule has 0 fully saturated rings. The summed E-state index contributed by atoms with van der Waals surface area (Å²) in [5.41, 5.74) is 14.7. The molecule has 0 bridgehead atoms. The highest BCUT2D eigenvalue weighted by Gasteiger charge is 2.47. The monoisotopic (exact) mass is 745 g/mol. The first kappa shape index (κ1) is 33.8. The van der Waals surface area contributed by atoms with Crippen molar-refractivity contribution in [2.24, 2.45) is 0 Å². The van der Waals surface area contributed by atoms with Crippen molar-refractivity contribution in [3.63, 3.8) is 0 Å². The highest BCUT2D eigenvalue weighted by molar-refractivity contribution is 6.06. The van der Waals surface area contributed by atoms with Crippen LogP contribution in [-0.2, 0) is 5.41 Å². The lowest BCUT2D eigenvalue weighted by Crippen LogP contribution is -2.38. The Bertz CT molecular complexity index is 3080. The quantitative estimate of drug-likeness (QED) is 0.169. The first-order chi connectivity index (χ1) is 28.6. The second-order valence-electron chi connectivity index (χ2n) is 15.0. The third-order valence-corrected chi connectivity index (χ3v) is 11.8. The normalized spacial score (nSPS) is 13.0. The van der Waals surface area contributed by atoms with Gasteiger partial charge in [-0.25, -0.2) is 4.39 Å². The molecule has 0 atom stereocenters. The zero-order valence-electron chi connectivity index (χ0n) is 31.5. The fraction of sp³-hybridized carbons (Fsp3) is 0.0182. The van der Waals surface area contributed by atoms with Gasteiger partial charge < -0.3 is 9.32 Å². The van der Waals surface area contributed by atoms with Gasteiger partial charge in [0.25, 0.3) is 0 Å². The summed E-state index contributed by atoms with van der Waals surface area (Å²) in [5, 5.41) is 2.21. The van der Waals surface area contributed by atoms with Crippen LogP contribution >= 0.6 is 0 Å². The van der Waals surface area contributed by atoms with Crippen LogP contribution in [0.15, 0.2) is 223 Å². The average molecular weight is 746 g/mol. The molecule has 3 heteroatoms. The van der Waals surface area contributed by atoms with Gasteiger partial charge in [-0.1, -0.05) is 152 Å². The molecule has 0 saturated heterocycles. The molecule has 1 aromatic heterocycles. The lowest BCUT2D eigenvalue weighted by atomic mass is 9.62. The SMILES string of the molecule is Fc1ccc2c(c1)C(c1ccccc1)(c1ccccc1)c1cc(-c3cccc(-c4ccc5oc6ccccc6c5c4)c3)ccc1N2c1ccc(-c2ccccc2)cc1. The van der Waals surface area contributed by atoms with Crippen molar-refractivity contribution < 1.29 is 8.81 Å². The van der Waals surface area contributed by atoms with Crippen molar-refractivity contribution in [3.05, 3.63) is 246 Å². The van der Waals surface area contributed by atoms with Crippen LogP contribution in [0, 0.1) is 5.82 Å². The summed E-state index contributed by atoms with van der Waals surface area (Å²) in [4.78, 5) is 2.30. The predicted molar refractivity (Wildman–Crippen MR) is 237 cm³/mol. The predicted octanol–water partition coefficient (Wildman–Crippen LogP) is 14.9. The second-order valence-corrected chi connectivity index (χ2v) is 15.0. The highest BCUT2D eigenvalue weighted by Crippen LogP contribution is 2.58. The fourth-order valence-corrected chi connectivity index (χ4v) is 9.15. The van der Waals surface area contributed by atoms with Gasteiger partial charge in [-0.3, -0.25) is 0 Å². The van der Waals surface area contributed by atoms with Crippen molar-refractivity contribution in [1.82, 2.24) is 0 Å². The third kappa shape index (κ3) is 5.39. The van der Waals surface area contributed by atoms with E-state index in [9.17, 15) is 0 Å². The highest BCUT2D eigenvalue weighted by atomic mass is 19.1. The molecule has 0 radical (unpaired) electrons. The largest absolute Gasteiger partial charge is 0.456 e. The molecular formula is C55H36FNO. The van der Waals surface area contributed by atoms with Crippen LogP contribution in [0.1, 0.15) is 22.3 Å². The van der Waals surface area contributed by atoms with Crippen LogP contribution in [0.3, 0.4) is 0 Å². The standard InChI is InChI=1S/C55H36FNO/c56-45-27-31-52-50(36-45)55(43-17-6-2-7-18-43,44-19-8-3-9-20-44)49-35-42(25-30-51(49)57(52)46-28-23-38(24-29-46)37-13-4-1-5-14-37)40-16-12-15-39(33-40)41-26-32-54-48(34-41)47-21-10-11-22-53(47)58-54/h1-36H. The molecule has 11 rings (SSSR count). The molecule has 274 valence electrons. The van der Waals surface area contributed by atoms with Gasteiger partial charge >= 0.3 is 0 Å². The summed E-state index contributed by atoms with van der Waals surface area (Å²) >= 11 is 0. The molecule has 0 saturated carbocycles. The van der Waals surface area contributed by atoms with Crippen LogP contribution < -0.4 is 4.90 Å². The number of para-hydroxylation sites is 1. The van der Waals surface area contributed by atoms with Gasteiger partial charge in [0.15, 0.2) is 0 Å². The van der Waals surface area contributed by atoms with E-state index in [-0.39, 0.29) is 5.82 Å². The Balaban J connectivity index is 1.14. The fourth-order valence-electron chi connectivity index (χ4n) is 9.15. The van der Waals surface area contributed by atoms with E-state index in [1.54, 1.807) is 12.1 Å². The minimum Gasteiger partial charge on any atom is -0.456 e. The van der Waals surface area contributed by atoms with E-state index in [1.165, 1.54) is 0 Å². The van der Waals surface area contributed by atoms with Crippen LogP contribution in [-0.4, -0.2) is 0 Å². The number of halogens is 1. The van der Waals surface area contributed by atoms with Crippen LogP contribution in [0.4, 0.5) is 21.5 Å². The minimum absolute atomic E-state index is 0.274. The van der Waals surface area contributed by atoms with Crippen LogP contribution in [0.25, 0.3) is 55.3 Å². The number of nitrogens with zero attached hydrogens (tertiary/aromatic N) is 1. The number of rotatable bonds is 6. The van der Waals surface area contributed by atoms with E-state index in [1.807, 2.05) is 36.4 Å². The lowest BCUT2D eigenvalue weighted by Gasteiger charge is -2.46. The Labute approximate surface area is 336 Å². The lowest BCUT2D eigenvalue weighted by molar-refractivity contribution is 0.618. The molecule has 0 spiro atoms. The van der Waals surface area contributed by atoms with Crippen molar-refractivity contribution in [2.45, 2.75) is 5.41 Å². The number of fused-ring (bicyclic) bond motifs is 5. The number of hydrogen-bond donors (Lipinski definition) is 0. The summed E-state index contributed by atoms with van der Waals surface area (Å²) < 4.78 is 22.1. The molecule has 0 amide bonds. The van der Waals surface area contributed by atoms with E-state index in [2.05, 4.69) is 175 Å². The summed E-state index contributed by atoms with van der Waals surface area (Å²) in [6, 6.07) is 75.7. The molecular weight excluding hydrogens is 710 g/mol. The van der Waals surface area contributed by atoms with E-state index in [0.717, 1.165) is 94.6 Å². The zero-order valence-corrected chi connectivity index (χ0v) is 31.5. The summed E-state index contributed by atoms with van der Waals surface area (Å²) in [7, 11) is 0. The van der Waals surface area contributed by atoms with Gasteiger partial charge in [-0.2, -0.15) is 0 Å². The van der Waals surface area contributed by atoms with E-state index in [4.69, 9.17) is 4.42 Å². The van der Waals surface area contributed by atoms with Crippen molar-refractivity contribution in [3.8, 4) is 33.4 Å². The van der Waals surface area contributed by atoms with Gasteiger partial charge in [0, 0.05) is 16.5 Å². The maximum Gasteiger partial charge on any atom is 0.135 e. The Morgan fingerprint density at radius 1 is 0.362 bits per heavy atom. The summed E-state index contributed by atoms with van der Waals surface area (Å²) in [6.07, 6.45) is 0. The van der Waals surface area contributed by atoms with Crippen LogP contribution in [0.5, 0.6) is 0 Å². The molecule has 0 N–H and O–H groups in total. The molecule has 58 heavy (non-hydrogen) atoms. The van der Waals surface area contributed by atoms with Gasteiger partial charge in [0.1, 0.15) is 17.0 Å². The molecule has 9 aromatic carbocycles. The maximum atomic E-state index is 15.9. The smallest absolute Gasteiger partial charge is 0.135 e. The minimum atomic E-state index is -0.837. The number of furan rings is 1. The topological polar surface area (TPSA) is 16.4 Å². The molecule has 2 heterocycles. The van der Waals surface area contributed by atoms with Crippen LogP contribution in [0.2, 0.25) is 0 Å². The third-order valence-electron chi connectivity index (χ3n) is 11.8. The molecule has 0 unspecified atom stereocenters. The van der Waals surface area contributed by atoms with E-state index < -0.39 is 5.41 Å². The first-order valence-corrected chi connectivity index (χ1v) is 19.7. The number of benzene rings is 9. The molecule has 1 aliphatic heterocycles. The second kappa shape index (κ2) is 13.6. The molecule has 10 aromatic rings. The Morgan fingerprint density at radius 2 is 0.862 bits per heavy atom. The van der Waals surface area contributed by atoms with Gasteiger partial charge in [0.2, 0.25) is 0 Å². The Morgan fingerprint density at radius 3 is 1.57 bits per heavy atom. The van der Waals surface area contributed by atoms with Crippen molar-refractivity contribution in [2.75, 3.05) is 4.90 Å². The van der Waals surface area contributed by atoms with Crippen molar-refractivity contribution in [1.29, 1.82) is 0 Å². The van der Waals surface area contributed by atoms with Gasteiger partial charge in [-0.05, 0) is 122 Å². The van der Waals surface area contributed by atoms with Gasteiger partial charge in [-0.15, -0.1) is 0 Å². The Hall–Kier alpha value is -7.49. The summed E-state index contributed by atoms with van der Waals surface area (Å²) in [5.74, 6) is -0.274. The number of anilines is 3. The van der Waals surface area contributed by atoms with E-state index >= 15 is 4.39 Å². The summed E-state index contributed by atoms with van der Waals surface area (Å²) in [6.45, 7) is 0. The Kier molecular flexibility index (Phi) is 7.94. The first-order valence-electron chi connectivity index (χ1n) is 19.7. The molecule has 1 aliphatic rings. The molecule has 0 aliphatic carbocycles. The maximum absolute atomic E-state index is 15.9. The van der Waals surface area contributed by atoms with Crippen molar-refractivity contribution >= 4 is 39.0 Å².